The van der Waals surface area contributed by atoms with Gasteiger partial charge in [0.15, 0.2) is 11.6 Å². The van der Waals surface area contributed by atoms with E-state index in [0.29, 0.717) is 16.8 Å². The van der Waals surface area contributed by atoms with Crippen LogP contribution in [0.5, 0.6) is 0 Å². The van der Waals surface area contributed by atoms with E-state index in [2.05, 4.69) is 46.5 Å². The van der Waals surface area contributed by atoms with E-state index in [-0.39, 0.29) is 29.1 Å². The van der Waals surface area contributed by atoms with Crippen molar-refractivity contribution >= 4 is 23.8 Å². The molecule has 0 fully saturated rings. The highest BCUT2D eigenvalue weighted by Gasteiger charge is 2.26. The van der Waals surface area contributed by atoms with Crippen molar-refractivity contribution in [3.63, 3.8) is 0 Å². The Hall–Kier alpha value is -3.55. The third kappa shape index (κ3) is 5.50. The molecule has 0 amide bonds. The number of allylic oxidation sites excluding steroid dienone is 5. The van der Waals surface area contributed by atoms with E-state index in [0.717, 1.165) is 12.0 Å². The van der Waals surface area contributed by atoms with Crippen molar-refractivity contribution in [1.82, 2.24) is 19.7 Å². The monoisotopic (exact) mass is 410 g/mol. The summed E-state index contributed by atoms with van der Waals surface area (Å²) in [6, 6.07) is -0.0366. The fourth-order valence-electron chi connectivity index (χ4n) is 2.35. The maximum absolute atomic E-state index is 11.4. The average Bonchev–Trinajstić information content (AvgIpc) is 3.37. The van der Waals surface area contributed by atoms with Crippen LogP contribution in [0.25, 0.3) is 17.1 Å². The molecule has 0 saturated carbocycles. The Morgan fingerprint density at radius 1 is 1.33 bits per heavy atom. The molecule has 160 valence electrons. The average molecular weight is 411 g/mol. The zero-order valence-corrected chi connectivity index (χ0v) is 18.4. The molecule has 2 rings (SSSR count). The molecule has 2 heterocycles. The number of hydrogen-bond donors (Lipinski definition) is 1. The van der Waals surface area contributed by atoms with E-state index in [9.17, 15) is 10.1 Å². The van der Waals surface area contributed by atoms with Gasteiger partial charge in [-0.15, -0.1) is 0 Å². The van der Waals surface area contributed by atoms with Crippen molar-refractivity contribution in [2.24, 2.45) is 4.99 Å². The molecular formula is C22H30N6O2. The van der Waals surface area contributed by atoms with Gasteiger partial charge in [0.25, 0.3) is 0 Å². The first kappa shape index (κ1) is 24.5. The molecule has 0 spiro atoms. The first-order valence-corrected chi connectivity index (χ1v) is 9.74. The van der Waals surface area contributed by atoms with Crippen molar-refractivity contribution in [3.8, 4) is 11.5 Å². The number of nitro groups is 1. The maximum atomic E-state index is 11.4. The van der Waals surface area contributed by atoms with E-state index in [4.69, 9.17) is 0 Å². The molecule has 2 aromatic heterocycles. The van der Waals surface area contributed by atoms with E-state index in [1.165, 1.54) is 10.9 Å². The zero-order chi connectivity index (χ0) is 23.0. The number of hydrogen-bond acceptors (Lipinski definition) is 5. The van der Waals surface area contributed by atoms with Gasteiger partial charge in [-0.25, -0.2) is 9.98 Å². The fourth-order valence-corrected chi connectivity index (χ4v) is 2.35. The smallest absolute Gasteiger partial charge is 0.318 e. The summed E-state index contributed by atoms with van der Waals surface area (Å²) in [6.07, 6.45) is 5.88. The Kier molecular flexibility index (Phi) is 8.85. The van der Waals surface area contributed by atoms with Crippen molar-refractivity contribution < 1.29 is 4.92 Å². The lowest BCUT2D eigenvalue weighted by atomic mass is 10.0. The quantitative estimate of drug-likeness (QED) is 0.230. The van der Waals surface area contributed by atoms with Gasteiger partial charge < -0.3 is 4.98 Å². The van der Waals surface area contributed by atoms with E-state index >= 15 is 0 Å². The van der Waals surface area contributed by atoms with Gasteiger partial charge in [-0.05, 0) is 32.6 Å². The number of aromatic nitrogens is 4. The summed E-state index contributed by atoms with van der Waals surface area (Å²) >= 11 is 0. The van der Waals surface area contributed by atoms with Crippen LogP contribution in [-0.4, -0.2) is 31.4 Å². The second-order valence-corrected chi connectivity index (χ2v) is 6.48. The summed E-state index contributed by atoms with van der Waals surface area (Å²) in [5.41, 5.74) is 2.60. The summed E-state index contributed by atoms with van der Waals surface area (Å²) in [6.45, 7) is 25.3. The first-order chi connectivity index (χ1) is 14.2. The Labute approximate surface area is 177 Å². The molecule has 2 aromatic rings. The maximum Gasteiger partial charge on any atom is 0.318 e. The summed E-state index contributed by atoms with van der Waals surface area (Å²) in [5, 5.41) is 15.7. The number of rotatable bonds is 9. The zero-order valence-electron chi connectivity index (χ0n) is 18.4. The van der Waals surface area contributed by atoms with Gasteiger partial charge in [0.1, 0.15) is 6.20 Å². The van der Waals surface area contributed by atoms with Crippen molar-refractivity contribution in [1.29, 1.82) is 0 Å². The van der Waals surface area contributed by atoms with Gasteiger partial charge in [0.05, 0.1) is 10.6 Å². The van der Waals surface area contributed by atoms with Crippen molar-refractivity contribution in [2.45, 2.75) is 47.1 Å². The van der Waals surface area contributed by atoms with Crippen LogP contribution in [0.15, 0.2) is 54.2 Å². The number of nitrogens with zero attached hydrogens (tertiary/aromatic N) is 5. The lowest BCUT2D eigenvalue weighted by molar-refractivity contribution is -0.384. The van der Waals surface area contributed by atoms with Crippen molar-refractivity contribution in [3.05, 3.63) is 65.0 Å². The highest BCUT2D eigenvalue weighted by Crippen LogP contribution is 2.34. The molecule has 0 saturated heterocycles. The van der Waals surface area contributed by atoms with Crippen LogP contribution in [0, 0.1) is 10.1 Å². The first-order valence-electron chi connectivity index (χ1n) is 9.74. The predicted molar refractivity (Wildman–Crippen MR) is 124 cm³/mol. The predicted octanol–water partition coefficient (Wildman–Crippen LogP) is 6.21. The minimum absolute atomic E-state index is 0.0366. The molecular weight excluding hydrogens is 380 g/mol. The van der Waals surface area contributed by atoms with Gasteiger partial charge in [-0.3, -0.25) is 14.8 Å². The molecule has 0 aliphatic rings. The van der Waals surface area contributed by atoms with Crippen LogP contribution >= 0.6 is 0 Å². The highest BCUT2D eigenvalue weighted by molar-refractivity contribution is 5.84. The normalized spacial score (nSPS) is 10.6. The minimum Gasteiger partial charge on any atom is -0.334 e. The Morgan fingerprint density at radius 3 is 2.47 bits per heavy atom. The minimum atomic E-state index is -0.489. The molecule has 0 aliphatic heterocycles. The molecule has 0 atom stereocenters. The number of H-pyrrole nitrogens is 1. The molecule has 8 heteroatoms. The molecule has 0 aliphatic carbocycles. The van der Waals surface area contributed by atoms with Gasteiger partial charge in [-0.1, -0.05) is 58.2 Å². The molecule has 8 nitrogen and oxygen atoms in total. The van der Waals surface area contributed by atoms with Crippen LogP contribution in [0.4, 0.5) is 11.5 Å². The lowest BCUT2D eigenvalue weighted by Crippen LogP contribution is -2.00. The Morgan fingerprint density at radius 2 is 1.97 bits per heavy atom. The molecule has 0 aromatic carbocycles. The second kappa shape index (κ2) is 10.8. The third-order valence-corrected chi connectivity index (χ3v) is 4.16. The van der Waals surface area contributed by atoms with Gasteiger partial charge in [0.2, 0.25) is 5.69 Å². The molecule has 0 unspecified atom stereocenters. The van der Waals surface area contributed by atoms with Gasteiger partial charge in [-0.2, -0.15) is 5.10 Å². The summed E-state index contributed by atoms with van der Waals surface area (Å²) < 4.78 is 1.52. The van der Waals surface area contributed by atoms with E-state index < -0.39 is 4.92 Å². The number of imidazole rings is 1. The fraction of sp³-hybridized carbons (Fsp3) is 0.318. The number of aliphatic imine (C=N–C) groups is 1. The highest BCUT2D eigenvalue weighted by atomic mass is 16.6. The van der Waals surface area contributed by atoms with Crippen LogP contribution in [0.1, 0.15) is 52.8 Å². The molecule has 0 radical (unpaired) electrons. The van der Waals surface area contributed by atoms with Gasteiger partial charge in [0, 0.05) is 11.6 Å². The number of nitrogens with one attached hydrogen (secondary N) is 1. The molecule has 0 bridgehead atoms. The lowest BCUT2D eigenvalue weighted by Gasteiger charge is -2.04. The summed E-state index contributed by atoms with van der Waals surface area (Å²) in [7, 11) is 0. The van der Waals surface area contributed by atoms with E-state index in [1.54, 1.807) is 6.08 Å². The largest absolute Gasteiger partial charge is 0.334 e. The summed E-state index contributed by atoms with van der Waals surface area (Å²) in [5.74, 6) is 0.497. The SMILES string of the molecule is C=Nc1nc(-c2nn(C(C)C)cc2[N+](=O)[O-])[nH]c1C(=C)C(=C)/C=C\C(=C)CC.CC. The standard InChI is InChI=1S/C20H24N6O2.C2H6/c1-8-13(4)9-10-14(5)15(6)17-19(21-7)23-20(22-17)18-16(26(27)28)11-25(24-18)12(2)3;1-2/h9-12H,4-8H2,1-3H3,(H,22,23);1-2H3/b10-9-;. The van der Waals surface area contributed by atoms with Crippen molar-refractivity contribution in [2.75, 3.05) is 0 Å². The van der Waals surface area contributed by atoms with Crippen LogP contribution in [0.2, 0.25) is 0 Å². The molecule has 1 N–H and O–H groups in total. The Bertz CT molecular complexity index is 991. The van der Waals surface area contributed by atoms with E-state index in [1.807, 2.05) is 40.7 Å². The second-order valence-electron chi connectivity index (χ2n) is 6.48. The number of aromatic amines is 1. The molecule has 30 heavy (non-hydrogen) atoms. The Balaban J connectivity index is 0.00000218. The van der Waals surface area contributed by atoms with Crippen LogP contribution in [-0.2, 0) is 0 Å². The van der Waals surface area contributed by atoms with Crippen LogP contribution < -0.4 is 0 Å². The third-order valence-electron chi connectivity index (χ3n) is 4.16. The van der Waals surface area contributed by atoms with Crippen LogP contribution in [0.3, 0.4) is 0 Å². The summed E-state index contributed by atoms with van der Waals surface area (Å²) in [4.78, 5) is 22.2. The van der Waals surface area contributed by atoms with Gasteiger partial charge >= 0.3 is 5.69 Å². The topological polar surface area (TPSA) is 102 Å².